The molecule has 190 valence electrons. The first kappa shape index (κ1) is 27.5. The lowest BCUT2D eigenvalue weighted by molar-refractivity contribution is -0.139. The number of sulfonamides is 1. The summed E-state index contributed by atoms with van der Waals surface area (Å²) < 4.78 is 28.3. The van der Waals surface area contributed by atoms with E-state index < -0.39 is 28.5 Å². The predicted molar refractivity (Wildman–Crippen MR) is 143 cm³/mol. The number of aryl methyl sites for hydroxylation is 1. The smallest absolute Gasteiger partial charge is 0.264 e. The van der Waals surface area contributed by atoms with Crippen molar-refractivity contribution in [2.75, 3.05) is 17.9 Å². The van der Waals surface area contributed by atoms with E-state index in [0.29, 0.717) is 0 Å². The zero-order valence-corrected chi connectivity index (χ0v) is 22.4. The second-order valence-electron chi connectivity index (χ2n) is 8.25. The predicted octanol–water partition coefficient (Wildman–Crippen LogP) is 4.66. The molecule has 1 N–H and O–H groups in total. The molecule has 0 aliphatic heterocycles. The van der Waals surface area contributed by atoms with Gasteiger partial charge in [-0.15, -0.1) is 0 Å². The molecular formula is C26H27Cl2N3O4S. The minimum absolute atomic E-state index is 0.00141. The van der Waals surface area contributed by atoms with Crippen molar-refractivity contribution in [2.45, 2.75) is 31.3 Å². The Morgan fingerprint density at radius 1 is 0.944 bits per heavy atom. The summed E-state index contributed by atoms with van der Waals surface area (Å²) in [6.45, 7) is 3.07. The highest BCUT2D eigenvalue weighted by molar-refractivity contribution is 7.92. The zero-order valence-electron chi connectivity index (χ0n) is 20.1. The van der Waals surface area contributed by atoms with Crippen LogP contribution in [0.15, 0.2) is 77.7 Å². The second kappa shape index (κ2) is 11.8. The average molecular weight is 548 g/mol. The van der Waals surface area contributed by atoms with E-state index in [1.807, 2.05) is 31.2 Å². The summed E-state index contributed by atoms with van der Waals surface area (Å²) in [6.07, 6.45) is 0. The molecular weight excluding hydrogens is 521 g/mol. The number of nitrogens with zero attached hydrogens (tertiary/aromatic N) is 2. The first-order chi connectivity index (χ1) is 17.0. The van der Waals surface area contributed by atoms with Crippen molar-refractivity contribution in [1.82, 2.24) is 10.2 Å². The van der Waals surface area contributed by atoms with Crippen LogP contribution in [0.4, 0.5) is 5.69 Å². The Balaban J connectivity index is 2.06. The molecule has 0 aliphatic rings. The summed E-state index contributed by atoms with van der Waals surface area (Å²) in [5, 5.41) is 2.99. The molecule has 0 unspecified atom stereocenters. The van der Waals surface area contributed by atoms with Crippen LogP contribution in [0.5, 0.6) is 0 Å². The van der Waals surface area contributed by atoms with Crippen molar-refractivity contribution in [3.63, 3.8) is 0 Å². The van der Waals surface area contributed by atoms with Gasteiger partial charge in [0.25, 0.3) is 10.0 Å². The zero-order chi connectivity index (χ0) is 26.5. The van der Waals surface area contributed by atoms with Crippen molar-refractivity contribution in [1.29, 1.82) is 0 Å². The first-order valence-corrected chi connectivity index (χ1v) is 13.3. The summed E-state index contributed by atoms with van der Waals surface area (Å²) in [6, 6.07) is 18.8. The first-order valence-electron chi connectivity index (χ1n) is 11.1. The van der Waals surface area contributed by atoms with Gasteiger partial charge in [0.1, 0.15) is 12.6 Å². The van der Waals surface area contributed by atoms with Crippen molar-refractivity contribution in [3.05, 3.63) is 94.0 Å². The fraction of sp³-hybridized carbons (Fsp3) is 0.231. The standard InChI is InChI=1S/C26H27Cl2N3O4S/c1-18-8-7-9-20(12-18)16-30(19(2)26(33)29-3)25(32)17-31(23-14-21(27)13-22(28)15-23)36(34,35)24-10-5-4-6-11-24/h4-15,19H,16-17H2,1-3H3,(H,29,33)/t19-/m0/s1. The van der Waals surface area contributed by atoms with Crippen molar-refractivity contribution < 1.29 is 18.0 Å². The minimum Gasteiger partial charge on any atom is -0.357 e. The summed E-state index contributed by atoms with van der Waals surface area (Å²) >= 11 is 12.3. The molecule has 0 fully saturated rings. The molecule has 0 spiro atoms. The maximum absolute atomic E-state index is 13.7. The van der Waals surface area contributed by atoms with Crippen molar-refractivity contribution in [3.8, 4) is 0 Å². The number of nitrogens with one attached hydrogen (secondary N) is 1. The van der Waals surface area contributed by atoms with Gasteiger partial charge in [-0.1, -0.05) is 71.2 Å². The van der Waals surface area contributed by atoms with Gasteiger partial charge in [0.05, 0.1) is 10.6 Å². The van der Waals surface area contributed by atoms with Crippen molar-refractivity contribution in [2.24, 2.45) is 0 Å². The molecule has 1 atom stereocenters. The molecule has 0 bridgehead atoms. The van der Waals surface area contributed by atoms with E-state index in [0.717, 1.165) is 15.4 Å². The Morgan fingerprint density at radius 3 is 2.17 bits per heavy atom. The largest absolute Gasteiger partial charge is 0.357 e. The molecule has 0 radical (unpaired) electrons. The van der Waals surface area contributed by atoms with E-state index in [1.165, 1.54) is 42.3 Å². The van der Waals surface area contributed by atoms with Gasteiger partial charge in [-0.3, -0.25) is 13.9 Å². The van der Waals surface area contributed by atoms with Gasteiger partial charge < -0.3 is 10.2 Å². The van der Waals surface area contributed by atoms with Crippen LogP contribution in [0.3, 0.4) is 0 Å². The molecule has 0 heterocycles. The highest BCUT2D eigenvalue weighted by Crippen LogP contribution is 2.30. The topological polar surface area (TPSA) is 86.8 Å². The van der Waals surface area contributed by atoms with E-state index in [9.17, 15) is 18.0 Å². The van der Waals surface area contributed by atoms with E-state index in [2.05, 4.69) is 5.32 Å². The summed E-state index contributed by atoms with van der Waals surface area (Å²) in [5.41, 5.74) is 1.93. The molecule has 10 heteroatoms. The van der Waals surface area contributed by atoms with Gasteiger partial charge in [0.2, 0.25) is 11.8 Å². The normalized spacial score (nSPS) is 12.0. The number of hydrogen-bond acceptors (Lipinski definition) is 4. The van der Waals surface area contributed by atoms with Gasteiger partial charge in [-0.2, -0.15) is 0 Å². The SMILES string of the molecule is CNC(=O)[C@H](C)N(Cc1cccc(C)c1)C(=O)CN(c1cc(Cl)cc(Cl)c1)S(=O)(=O)c1ccccc1. The Morgan fingerprint density at radius 2 is 1.58 bits per heavy atom. The fourth-order valence-electron chi connectivity index (χ4n) is 3.73. The summed E-state index contributed by atoms with van der Waals surface area (Å²) in [4.78, 5) is 27.6. The van der Waals surface area contributed by atoms with Crippen LogP contribution in [0.25, 0.3) is 0 Å². The fourth-order valence-corrected chi connectivity index (χ4v) is 5.66. The Kier molecular flexibility index (Phi) is 9.00. The molecule has 7 nitrogen and oxygen atoms in total. The number of amides is 2. The van der Waals surface area contributed by atoms with Crippen LogP contribution >= 0.6 is 23.2 Å². The number of carbonyl (C=O) groups excluding carboxylic acids is 2. The second-order valence-corrected chi connectivity index (χ2v) is 11.0. The van der Waals surface area contributed by atoms with E-state index in [4.69, 9.17) is 23.2 Å². The lowest BCUT2D eigenvalue weighted by Crippen LogP contribution is -2.50. The lowest BCUT2D eigenvalue weighted by Gasteiger charge is -2.32. The van der Waals surface area contributed by atoms with Crippen LogP contribution in [0, 0.1) is 6.92 Å². The van der Waals surface area contributed by atoms with E-state index in [-0.39, 0.29) is 33.1 Å². The number of likely N-dealkylation sites (N-methyl/N-ethyl adjacent to an activating group) is 1. The van der Waals surface area contributed by atoms with Crippen molar-refractivity contribution >= 4 is 50.7 Å². The van der Waals surface area contributed by atoms with Gasteiger partial charge in [-0.05, 0) is 49.7 Å². The Labute approximate surface area is 221 Å². The molecule has 0 saturated carbocycles. The van der Waals surface area contributed by atoms with E-state index in [1.54, 1.807) is 25.1 Å². The Hall–Kier alpha value is -3.07. The van der Waals surface area contributed by atoms with Gasteiger partial charge in [0.15, 0.2) is 0 Å². The highest BCUT2D eigenvalue weighted by Gasteiger charge is 2.32. The Bertz CT molecular complexity index is 1330. The molecule has 0 aromatic heterocycles. The van der Waals surface area contributed by atoms with Crippen LogP contribution in [0.1, 0.15) is 18.1 Å². The summed E-state index contributed by atoms with van der Waals surface area (Å²) in [5.74, 6) is -0.942. The number of halogens is 2. The van der Waals surface area contributed by atoms with Gasteiger partial charge in [-0.25, -0.2) is 8.42 Å². The maximum Gasteiger partial charge on any atom is 0.264 e. The average Bonchev–Trinajstić information content (AvgIpc) is 2.84. The van der Waals surface area contributed by atoms with Crippen LogP contribution < -0.4 is 9.62 Å². The van der Waals surface area contributed by atoms with Crippen LogP contribution in [-0.4, -0.2) is 44.8 Å². The quantitative estimate of drug-likeness (QED) is 0.422. The highest BCUT2D eigenvalue weighted by atomic mass is 35.5. The van der Waals surface area contributed by atoms with Gasteiger partial charge in [0, 0.05) is 23.6 Å². The van der Waals surface area contributed by atoms with Crippen LogP contribution in [0.2, 0.25) is 10.0 Å². The summed E-state index contributed by atoms with van der Waals surface area (Å²) in [7, 11) is -2.70. The van der Waals surface area contributed by atoms with Gasteiger partial charge >= 0.3 is 0 Å². The molecule has 2 amide bonds. The lowest BCUT2D eigenvalue weighted by atomic mass is 10.1. The number of anilines is 1. The number of hydrogen-bond donors (Lipinski definition) is 1. The molecule has 36 heavy (non-hydrogen) atoms. The molecule has 3 aromatic carbocycles. The third-order valence-electron chi connectivity index (χ3n) is 5.59. The monoisotopic (exact) mass is 547 g/mol. The third-order valence-corrected chi connectivity index (χ3v) is 7.82. The maximum atomic E-state index is 13.7. The number of carbonyl (C=O) groups is 2. The van der Waals surface area contributed by atoms with Crippen LogP contribution in [-0.2, 0) is 26.2 Å². The molecule has 0 aliphatic carbocycles. The third kappa shape index (κ3) is 6.57. The van der Waals surface area contributed by atoms with E-state index >= 15 is 0 Å². The number of rotatable bonds is 9. The molecule has 3 aromatic rings. The molecule has 0 saturated heterocycles. The minimum atomic E-state index is -4.18. The number of benzene rings is 3. The molecule has 3 rings (SSSR count).